The van der Waals surface area contributed by atoms with Crippen molar-refractivity contribution in [2.75, 3.05) is 33.9 Å². The number of nitriles is 1. The molecule has 9 nitrogen and oxygen atoms in total. The van der Waals surface area contributed by atoms with Crippen molar-refractivity contribution in [3.8, 4) is 23.3 Å². The molecule has 5 aliphatic rings. The Kier molecular flexibility index (Phi) is 4.08. The number of methoxy groups -OCH3 is 1. The molecular weight excluding hydrogens is 400 g/mol. The Balaban J connectivity index is 1.68. The van der Waals surface area contributed by atoms with E-state index in [1.54, 1.807) is 6.92 Å². The van der Waals surface area contributed by atoms with E-state index in [4.69, 9.17) is 9.47 Å². The number of aromatic hydroxyl groups is 2. The lowest BCUT2D eigenvalue weighted by atomic mass is 9.72. The number of nitrogens with zero attached hydrogens (tertiary/aromatic N) is 4. The maximum absolute atomic E-state index is 11.3. The lowest BCUT2D eigenvalue weighted by molar-refractivity contribution is -0.153. The van der Waals surface area contributed by atoms with Crippen molar-refractivity contribution in [2.24, 2.45) is 5.92 Å². The molecule has 1 aromatic rings. The number of aliphatic hydroxyl groups excluding tert-OH is 1. The van der Waals surface area contributed by atoms with Gasteiger partial charge in [0, 0.05) is 47.3 Å². The first kappa shape index (κ1) is 19.6. The Morgan fingerprint density at radius 2 is 2.00 bits per heavy atom. The van der Waals surface area contributed by atoms with Gasteiger partial charge in [-0.2, -0.15) is 5.26 Å². The topological polar surface area (TPSA) is 113 Å². The third-order valence-corrected chi connectivity index (χ3v) is 8.55. The van der Waals surface area contributed by atoms with Crippen molar-refractivity contribution < 1.29 is 24.8 Å². The Bertz CT molecular complexity index is 995. The number of fused-ring (bicyclic) bond motifs is 6. The Hall–Kier alpha value is -2.09. The van der Waals surface area contributed by atoms with Gasteiger partial charge in [0.05, 0.1) is 38.5 Å². The predicted octanol–water partition coefficient (Wildman–Crippen LogP) is 0.440. The molecule has 166 valence electrons. The summed E-state index contributed by atoms with van der Waals surface area (Å²) in [6.07, 6.45) is 0.773. The van der Waals surface area contributed by atoms with E-state index in [1.807, 2.05) is 0 Å². The molecule has 5 heterocycles. The van der Waals surface area contributed by atoms with Crippen LogP contribution in [0.3, 0.4) is 0 Å². The van der Waals surface area contributed by atoms with Gasteiger partial charge in [-0.05, 0) is 20.4 Å². The van der Waals surface area contributed by atoms with Crippen molar-refractivity contribution in [2.45, 2.75) is 55.8 Å². The summed E-state index contributed by atoms with van der Waals surface area (Å²) >= 11 is 0. The zero-order valence-electron chi connectivity index (χ0n) is 17.9. The molecule has 4 fully saturated rings. The number of aliphatic hydroxyl groups is 1. The van der Waals surface area contributed by atoms with Gasteiger partial charge < -0.3 is 24.8 Å². The largest absolute Gasteiger partial charge is 0.507 e. The monoisotopic (exact) mass is 428 g/mol. The van der Waals surface area contributed by atoms with E-state index in [1.165, 1.54) is 7.11 Å². The molecule has 3 N–H and O–H groups in total. The van der Waals surface area contributed by atoms with Crippen molar-refractivity contribution in [3.63, 3.8) is 0 Å². The van der Waals surface area contributed by atoms with Gasteiger partial charge in [-0.15, -0.1) is 0 Å². The van der Waals surface area contributed by atoms with Gasteiger partial charge in [-0.1, -0.05) is 0 Å². The summed E-state index contributed by atoms with van der Waals surface area (Å²) in [6.45, 7) is 2.81. The summed E-state index contributed by atoms with van der Waals surface area (Å²) in [5, 5.41) is 43.3. The average Bonchev–Trinajstić information content (AvgIpc) is 3.34. The number of hydrogen-bond acceptors (Lipinski definition) is 9. The first-order chi connectivity index (χ1) is 15.0. The molecule has 4 saturated heterocycles. The molecule has 0 aromatic heterocycles. The maximum Gasteiger partial charge on any atom is 0.167 e. The fourth-order valence-electron chi connectivity index (χ4n) is 7.49. The van der Waals surface area contributed by atoms with Gasteiger partial charge in [-0.25, -0.2) is 0 Å². The normalized spacial score (nSPS) is 41.0. The van der Waals surface area contributed by atoms with Crippen LogP contribution in [-0.4, -0.2) is 94.3 Å². The van der Waals surface area contributed by atoms with Gasteiger partial charge >= 0.3 is 0 Å². The highest BCUT2D eigenvalue weighted by atomic mass is 16.5. The molecule has 2 bridgehead atoms. The van der Waals surface area contributed by atoms with Crippen LogP contribution in [0.5, 0.6) is 17.2 Å². The minimum Gasteiger partial charge on any atom is -0.507 e. The fraction of sp³-hybridized carbons (Fsp3) is 0.682. The van der Waals surface area contributed by atoms with Crippen LogP contribution < -0.4 is 4.74 Å². The maximum atomic E-state index is 11.3. The first-order valence-electron chi connectivity index (χ1n) is 11.0. The zero-order valence-corrected chi connectivity index (χ0v) is 17.9. The van der Waals surface area contributed by atoms with E-state index in [2.05, 4.69) is 27.8 Å². The van der Waals surface area contributed by atoms with E-state index in [9.17, 15) is 20.6 Å². The Labute approximate surface area is 181 Å². The number of likely N-dealkylation sites (N-methyl/N-ethyl adjacent to an activating group) is 1. The van der Waals surface area contributed by atoms with E-state index < -0.39 is 12.1 Å². The predicted molar refractivity (Wildman–Crippen MR) is 109 cm³/mol. The van der Waals surface area contributed by atoms with Crippen LogP contribution in [0.15, 0.2) is 0 Å². The van der Waals surface area contributed by atoms with Crippen LogP contribution in [0, 0.1) is 24.2 Å². The highest BCUT2D eigenvalue weighted by molar-refractivity contribution is 5.65. The van der Waals surface area contributed by atoms with Crippen LogP contribution in [-0.2, 0) is 4.74 Å². The van der Waals surface area contributed by atoms with Crippen molar-refractivity contribution >= 4 is 0 Å². The second-order valence-corrected chi connectivity index (χ2v) is 9.46. The average molecular weight is 428 g/mol. The highest BCUT2D eigenvalue weighted by Gasteiger charge is 2.68. The second-order valence-electron chi connectivity index (χ2n) is 9.46. The van der Waals surface area contributed by atoms with Crippen LogP contribution in [0.2, 0.25) is 0 Å². The molecule has 0 amide bonds. The third-order valence-electron chi connectivity index (χ3n) is 8.55. The molecule has 0 spiro atoms. The van der Waals surface area contributed by atoms with Crippen molar-refractivity contribution in [3.05, 3.63) is 16.7 Å². The molecule has 8 atom stereocenters. The minimum atomic E-state index is -0.598. The molecule has 0 aliphatic carbocycles. The fourth-order valence-corrected chi connectivity index (χ4v) is 7.49. The van der Waals surface area contributed by atoms with Gasteiger partial charge in [0.15, 0.2) is 11.5 Å². The number of phenols is 2. The lowest BCUT2D eigenvalue weighted by Crippen LogP contribution is -2.72. The molecule has 31 heavy (non-hydrogen) atoms. The minimum absolute atomic E-state index is 0.0275. The standard InChI is InChI=1S/C22H28N4O5/c1-9-19(28)15-14(20(29)21(9)30-3)13(8-27)26-12(7-23)11-6-10-16(24(11)2)18(26)17(15)25-4-5-31-22(10)25/h10-13,16-18,22,27-29H,4-6,8H2,1-3H3/t10-,11-,12?,13?,16?,17?,18?,22?/m1/s1. The third kappa shape index (κ3) is 2.12. The number of piperidine rings is 1. The number of phenolic OH excluding ortho intramolecular Hbond substituents is 2. The summed E-state index contributed by atoms with van der Waals surface area (Å²) in [5.74, 6) is 0.498. The number of hydrogen-bond donors (Lipinski definition) is 3. The molecule has 0 radical (unpaired) electrons. The summed E-state index contributed by atoms with van der Waals surface area (Å²) < 4.78 is 11.6. The smallest absolute Gasteiger partial charge is 0.167 e. The first-order valence-corrected chi connectivity index (χ1v) is 11.0. The van der Waals surface area contributed by atoms with Crippen molar-refractivity contribution in [1.82, 2.24) is 14.7 Å². The van der Waals surface area contributed by atoms with Gasteiger partial charge in [-0.3, -0.25) is 14.7 Å². The second kappa shape index (κ2) is 6.47. The number of benzene rings is 1. The molecule has 5 aliphatic heterocycles. The Morgan fingerprint density at radius 3 is 2.68 bits per heavy atom. The number of rotatable bonds is 2. The summed E-state index contributed by atoms with van der Waals surface area (Å²) in [5.41, 5.74) is 1.59. The van der Waals surface area contributed by atoms with E-state index in [-0.39, 0.29) is 60.2 Å². The number of ether oxygens (including phenoxy) is 2. The van der Waals surface area contributed by atoms with E-state index in [0.717, 1.165) is 13.0 Å². The molecule has 1 aromatic carbocycles. The van der Waals surface area contributed by atoms with Gasteiger partial charge in [0.25, 0.3) is 0 Å². The number of piperazine rings is 1. The molecule has 9 heteroatoms. The van der Waals surface area contributed by atoms with Gasteiger partial charge in [0.2, 0.25) is 0 Å². The van der Waals surface area contributed by atoms with Crippen LogP contribution >= 0.6 is 0 Å². The summed E-state index contributed by atoms with van der Waals surface area (Å²) in [7, 11) is 3.54. The Morgan fingerprint density at radius 1 is 1.23 bits per heavy atom. The van der Waals surface area contributed by atoms with E-state index >= 15 is 0 Å². The summed E-state index contributed by atoms with van der Waals surface area (Å²) in [4.78, 5) is 6.73. The van der Waals surface area contributed by atoms with Crippen LogP contribution in [0.25, 0.3) is 0 Å². The van der Waals surface area contributed by atoms with Gasteiger partial charge in [0.1, 0.15) is 18.0 Å². The molecule has 6 unspecified atom stereocenters. The lowest BCUT2D eigenvalue weighted by Gasteiger charge is -2.61. The van der Waals surface area contributed by atoms with E-state index in [0.29, 0.717) is 23.3 Å². The van der Waals surface area contributed by atoms with Crippen LogP contribution in [0.1, 0.15) is 35.2 Å². The summed E-state index contributed by atoms with van der Waals surface area (Å²) in [6, 6.07) is 1.30. The highest BCUT2D eigenvalue weighted by Crippen LogP contribution is 2.62. The zero-order chi connectivity index (χ0) is 21.8. The molecular formula is C22H28N4O5. The van der Waals surface area contributed by atoms with Crippen molar-refractivity contribution in [1.29, 1.82) is 5.26 Å². The molecule has 6 rings (SSSR count). The SMILES string of the molecule is COc1c(C)c(O)c2c(c1O)C(CO)N1C3C2N2CCOC2[C@@H]2C[C@H](C1C#N)N(C)C32. The quantitative estimate of drug-likeness (QED) is 0.578. The molecule has 0 saturated carbocycles. The van der Waals surface area contributed by atoms with Crippen LogP contribution in [0.4, 0.5) is 0 Å².